The van der Waals surface area contributed by atoms with Crippen molar-refractivity contribution in [1.29, 1.82) is 0 Å². The third kappa shape index (κ3) is 4.05. The molecule has 19 heavy (non-hydrogen) atoms. The Labute approximate surface area is 117 Å². The summed E-state index contributed by atoms with van der Waals surface area (Å²) in [5.74, 6) is 0. The first-order valence-corrected chi connectivity index (χ1v) is 8.84. The fourth-order valence-corrected chi connectivity index (χ4v) is 4.20. The zero-order valence-electron chi connectivity index (χ0n) is 11.2. The molecule has 0 amide bonds. The Hall–Kier alpha value is -1.38. The van der Waals surface area contributed by atoms with Gasteiger partial charge in [0.2, 0.25) is 0 Å². The van der Waals surface area contributed by atoms with E-state index in [0.29, 0.717) is 6.10 Å². The molecule has 1 aliphatic heterocycles. The molecule has 0 aliphatic carbocycles. The van der Waals surface area contributed by atoms with Crippen molar-refractivity contribution in [2.45, 2.75) is 25.0 Å². The predicted molar refractivity (Wildman–Crippen MR) is 83.0 cm³/mol. The predicted octanol–water partition coefficient (Wildman–Crippen LogP) is 2.08. The molecule has 0 N–H and O–H groups in total. The quantitative estimate of drug-likeness (QED) is 0.577. The van der Waals surface area contributed by atoms with Crippen LogP contribution in [-0.2, 0) is 17.6 Å². The largest absolute Gasteiger partial charge is 0.373 e. The lowest BCUT2D eigenvalue weighted by Gasteiger charge is -2.04. The summed E-state index contributed by atoms with van der Waals surface area (Å²) in [6.07, 6.45) is 2.82. The van der Waals surface area contributed by atoms with E-state index in [9.17, 15) is 0 Å². The van der Waals surface area contributed by atoms with Crippen LogP contribution in [0, 0.1) is 0 Å². The first kappa shape index (κ1) is 12.6. The molecule has 0 aromatic heterocycles. The van der Waals surface area contributed by atoms with E-state index in [1.807, 2.05) is 0 Å². The van der Waals surface area contributed by atoms with Gasteiger partial charge in [0.15, 0.2) is 0 Å². The highest BCUT2D eigenvalue weighted by atomic mass is 28.2. The molecule has 1 unspecified atom stereocenters. The van der Waals surface area contributed by atoms with Crippen LogP contribution in [0.25, 0.3) is 0 Å². The lowest BCUT2D eigenvalue weighted by atomic mass is 10.1. The zero-order valence-corrected chi connectivity index (χ0v) is 12.6. The molecule has 1 aliphatic rings. The molecular formula is C17H20OSi. The fraction of sp³-hybridized carbons (Fsp3) is 0.294. The standard InChI is InChI=1S/C17H20OSi/c1-2-5-14(6-3-1)9-10-19-17-8-4-7-15(12-17)11-16-13-18-16/h1-8,12,16H,9-11,13,19H2. The average molecular weight is 268 g/mol. The van der Waals surface area contributed by atoms with Gasteiger partial charge in [-0.1, -0.05) is 65.8 Å². The highest BCUT2D eigenvalue weighted by Crippen LogP contribution is 2.15. The molecule has 1 fully saturated rings. The highest BCUT2D eigenvalue weighted by molar-refractivity contribution is 6.53. The van der Waals surface area contributed by atoms with Crippen LogP contribution in [0.1, 0.15) is 11.1 Å². The molecule has 2 aromatic carbocycles. The Balaban J connectivity index is 1.51. The molecule has 98 valence electrons. The number of rotatable bonds is 6. The van der Waals surface area contributed by atoms with E-state index in [0.717, 1.165) is 13.0 Å². The van der Waals surface area contributed by atoms with E-state index in [4.69, 9.17) is 4.74 Å². The summed E-state index contributed by atoms with van der Waals surface area (Å²) in [5, 5.41) is 1.59. The summed E-state index contributed by atoms with van der Waals surface area (Å²) in [7, 11) is -0.131. The van der Waals surface area contributed by atoms with E-state index < -0.39 is 0 Å². The average Bonchev–Trinajstić information content (AvgIpc) is 3.24. The van der Waals surface area contributed by atoms with Gasteiger partial charge in [-0.25, -0.2) is 0 Å². The number of epoxide rings is 1. The Morgan fingerprint density at radius 3 is 2.58 bits per heavy atom. The van der Waals surface area contributed by atoms with Crippen LogP contribution in [-0.4, -0.2) is 22.2 Å². The van der Waals surface area contributed by atoms with E-state index in [1.165, 1.54) is 23.6 Å². The van der Waals surface area contributed by atoms with E-state index in [1.54, 1.807) is 5.19 Å². The van der Waals surface area contributed by atoms with Crippen LogP contribution < -0.4 is 5.19 Å². The second-order valence-electron chi connectivity index (χ2n) is 5.32. The molecule has 0 radical (unpaired) electrons. The topological polar surface area (TPSA) is 12.5 Å². The van der Waals surface area contributed by atoms with Gasteiger partial charge >= 0.3 is 0 Å². The number of ether oxygens (including phenoxy) is 1. The van der Waals surface area contributed by atoms with Crippen molar-refractivity contribution in [3.05, 3.63) is 65.7 Å². The Morgan fingerprint density at radius 2 is 1.79 bits per heavy atom. The third-order valence-corrected chi connectivity index (χ3v) is 5.36. The molecule has 0 bridgehead atoms. The SMILES string of the molecule is c1ccc(CC[SiH2]c2cccc(CC3CO3)c2)cc1. The van der Waals surface area contributed by atoms with E-state index in [2.05, 4.69) is 54.6 Å². The minimum Gasteiger partial charge on any atom is -0.373 e. The second kappa shape index (κ2) is 6.18. The minimum absolute atomic E-state index is 0.131. The maximum Gasteiger partial charge on any atom is 0.0850 e. The van der Waals surface area contributed by atoms with Crippen LogP contribution >= 0.6 is 0 Å². The van der Waals surface area contributed by atoms with Crippen molar-refractivity contribution < 1.29 is 4.74 Å². The van der Waals surface area contributed by atoms with Crippen LogP contribution in [0.5, 0.6) is 0 Å². The van der Waals surface area contributed by atoms with Gasteiger partial charge in [0, 0.05) is 6.42 Å². The van der Waals surface area contributed by atoms with Crippen molar-refractivity contribution in [1.82, 2.24) is 0 Å². The van der Waals surface area contributed by atoms with Gasteiger partial charge in [0.05, 0.1) is 22.2 Å². The molecule has 3 rings (SSSR count). The van der Waals surface area contributed by atoms with Crippen molar-refractivity contribution in [3.8, 4) is 0 Å². The summed E-state index contributed by atoms with van der Waals surface area (Å²) >= 11 is 0. The molecule has 0 saturated carbocycles. The molecule has 1 nitrogen and oxygen atoms in total. The summed E-state index contributed by atoms with van der Waals surface area (Å²) in [6, 6.07) is 21.3. The van der Waals surface area contributed by atoms with E-state index >= 15 is 0 Å². The van der Waals surface area contributed by atoms with Crippen molar-refractivity contribution in [3.63, 3.8) is 0 Å². The van der Waals surface area contributed by atoms with Crippen molar-refractivity contribution >= 4 is 14.7 Å². The van der Waals surface area contributed by atoms with Gasteiger partial charge in [0.25, 0.3) is 0 Å². The fourth-order valence-electron chi connectivity index (χ4n) is 2.50. The second-order valence-corrected chi connectivity index (χ2v) is 7.34. The van der Waals surface area contributed by atoms with E-state index in [-0.39, 0.29) is 9.52 Å². The minimum atomic E-state index is -0.131. The molecular weight excluding hydrogens is 248 g/mol. The number of benzene rings is 2. The van der Waals surface area contributed by atoms with Gasteiger partial charge in [0.1, 0.15) is 0 Å². The first-order valence-electron chi connectivity index (χ1n) is 7.13. The van der Waals surface area contributed by atoms with Crippen molar-refractivity contribution in [2.75, 3.05) is 6.61 Å². The van der Waals surface area contributed by atoms with Gasteiger partial charge < -0.3 is 4.74 Å². The Kier molecular flexibility index (Phi) is 4.11. The molecule has 2 heteroatoms. The molecule has 1 atom stereocenters. The lowest BCUT2D eigenvalue weighted by Crippen LogP contribution is -2.15. The molecule has 1 heterocycles. The van der Waals surface area contributed by atoms with Crippen LogP contribution in [0.3, 0.4) is 0 Å². The number of aryl methyl sites for hydroxylation is 1. The molecule has 2 aromatic rings. The highest BCUT2D eigenvalue weighted by Gasteiger charge is 2.22. The molecule has 1 saturated heterocycles. The Bertz CT molecular complexity index is 520. The van der Waals surface area contributed by atoms with Gasteiger partial charge in [-0.2, -0.15) is 0 Å². The monoisotopic (exact) mass is 268 g/mol. The normalized spacial score (nSPS) is 18.0. The van der Waals surface area contributed by atoms with Gasteiger partial charge in [-0.05, 0) is 17.5 Å². The molecule has 0 spiro atoms. The van der Waals surface area contributed by atoms with Crippen LogP contribution in [0.2, 0.25) is 6.04 Å². The summed E-state index contributed by atoms with van der Waals surface area (Å²) in [5.41, 5.74) is 2.92. The third-order valence-electron chi connectivity index (χ3n) is 3.63. The number of hydrogen-bond donors (Lipinski definition) is 0. The number of hydrogen-bond acceptors (Lipinski definition) is 1. The van der Waals surface area contributed by atoms with Gasteiger partial charge in [-0.3, -0.25) is 0 Å². The maximum atomic E-state index is 5.30. The van der Waals surface area contributed by atoms with Gasteiger partial charge in [-0.15, -0.1) is 0 Å². The summed E-state index contributed by atoms with van der Waals surface area (Å²) < 4.78 is 5.30. The van der Waals surface area contributed by atoms with Crippen LogP contribution in [0.4, 0.5) is 0 Å². The lowest BCUT2D eigenvalue weighted by molar-refractivity contribution is 0.407. The smallest absolute Gasteiger partial charge is 0.0850 e. The van der Waals surface area contributed by atoms with Crippen LogP contribution in [0.15, 0.2) is 54.6 Å². The zero-order chi connectivity index (χ0) is 12.9. The summed E-state index contributed by atoms with van der Waals surface area (Å²) in [6.45, 7) is 0.954. The summed E-state index contributed by atoms with van der Waals surface area (Å²) in [4.78, 5) is 0. The Morgan fingerprint density at radius 1 is 1.00 bits per heavy atom. The maximum absolute atomic E-state index is 5.30. The van der Waals surface area contributed by atoms with Crippen molar-refractivity contribution in [2.24, 2.45) is 0 Å². The first-order chi connectivity index (χ1) is 9.40.